The minimum Gasteiger partial charge on any atom is -0.337 e. The van der Waals surface area contributed by atoms with Gasteiger partial charge in [-0.15, -0.1) is 0 Å². The molecule has 124 valence electrons. The first-order valence-electron chi connectivity index (χ1n) is 8.24. The van der Waals surface area contributed by atoms with Gasteiger partial charge in [-0.2, -0.15) is 0 Å². The number of hydrogen-bond acceptors (Lipinski definition) is 4. The number of benzene rings is 1. The summed E-state index contributed by atoms with van der Waals surface area (Å²) in [6.07, 6.45) is 7.01. The summed E-state index contributed by atoms with van der Waals surface area (Å²) in [6.45, 7) is 0. The second kappa shape index (κ2) is 5.93. The summed E-state index contributed by atoms with van der Waals surface area (Å²) in [5, 5.41) is 0. The highest BCUT2D eigenvalue weighted by atomic mass is 15.0. The van der Waals surface area contributed by atoms with Crippen molar-refractivity contribution in [3.8, 4) is 33.9 Å². The quantitative estimate of drug-likeness (QED) is 0.519. The lowest BCUT2D eigenvalue weighted by atomic mass is 10.1. The molecule has 0 aliphatic heterocycles. The monoisotopic (exact) mass is 338 g/mol. The number of pyridine rings is 2. The van der Waals surface area contributed by atoms with Crippen LogP contribution in [0.15, 0.2) is 73.4 Å². The van der Waals surface area contributed by atoms with E-state index < -0.39 is 0 Å². The highest BCUT2D eigenvalue weighted by molar-refractivity contribution is 5.84. The zero-order chi connectivity index (χ0) is 17.3. The molecular weight excluding hydrogens is 324 g/mol. The number of fused-ring (bicyclic) bond motifs is 1. The van der Waals surface area contributed by atoms with Crippen molar-refractivity contribution in [2.24, 2.45) is 0 Å². The largest absolute Gasteiger partial charge is 0.337 e. The van der Waals surface area contributed by atoms with E-state index in [1.165, 1.54) is 0 Å². The second-order valence-corrected chi connectivity index (χ2v) is 5.91. The van der Waals surface area contributed by atoms with Crippen LogP contribution in [0.2, 0.25) is 0 Å². The summed E-state index contributed by atoms with van der Waals surface area (Å²) in [5.74, 6) is 0.814. The van der Waals surface area contributed by atoms with Crippen molar-refractivity contribution in [3.05, 3.63) is 73.4 Å². The molecule has 0 atom stereocenters. The Morgan fingerprint density at radius 2 is 1.65 bits per heavy atom. The van der Waals surface area contributed by atoms with E-state index >= 15 is 0 Å². The first kappa shape index (κ1) is 14.5. The topological polar surface area (TPSA) is 83.1 Å². The maximum atomic E-state index is 4.86. The van der Waals surface area contributed by atoms with Crippen LogP contribution >= 0.6 is 0 Å². The molecule has 4 aromatic heterocycles. The predicted molar refractivity (Wildman–Crippen MR) is 100 cm³/mol. The van der Waals surface area contributed by atoms with Crippen molar-refractivity contribution in [1.29, 1.82) is 0 Å². The lowest BCUT2D eigenvalue weighted by Gasteiger charge is -2.02. The van der Waals surface area contributed by atoms with Crippen LogP contribution in [0.3, 0.4) is 0 Å². The fourth-order valence-electron chi connectivity index (χ4n) is 3.00. The number of H-pyrrole nitrogens is 2. The van der Waals surface area contributed by atoms with Gasteiger partial charge in [0.2, 0.25) is 0 Å². The summed E-state index contributed by atoms with van der Waals surface area (Å²) in [4.78, 5) is 24.2. The first-order valence-corrected chi connectivity index (χ1v) is 8.24. The van der Waals surface area contributed by atoms with Gasteiger partial charge >= 0.3 is 0 Å². The fourth-order valence-corrected chi connectivity index (χ4v) is 3.00. The van der Waals surface area contributed by atoms with E-state index in [1.807, 2.05) is 54.7 Å². The molecule has 26 heavy (non-hydrogen) atoms. The first-order chi connectivity index (χ1) is 12.9. The lowest BCUT2D eigenvalue weighted by Crippen LogP contribution is -1.86. The summed E-state index contributed by atoms with van der Waals surface area (Å²) in [5.41, 5.74) is 6.32. The molecule has 0 amide bonds. The number of aromatic nitrogens is 6. The average molecular weight is 338 g/mol. The SMILES string of the molecule is c1ccc(-c2nc(-c3ccncc3)c(-c3cnc4[nH]cnc4c3)[nH]2)cc1. The number of nitrogens with one attached hydrogen (secondary N) is 2. The van der Waals surface area contributed by atoms with Gasteiger partial charge in [0.25, 0.3) is 0 Å². The normalized spacial score (nSPS) is 11.1. The van der Waals surface area contributed by atoms with Gasteiger partial charge in [0, 0.05) is 35.3 Å². The maximum absolute atomic E-state index is 4.86. The zero-order valence-corrected chi connectivity index (χ0v) is 13.7. The van der Waals surface area contributed by atoms with Crippen LogP contribution in [0.5, 0.6) is 0 Å². The highest BCUT2D eigenvalue weighted by Gasteiger charge is 2.16. The van der Waals surface area contributed by atoms with Gasteiger partial charge < -0.3 is 9.97 Å². The molecule has 0 saturated heterocycles. The van der Waals surface area contributed by atoms with E-state index in [9.17, 15) is 0 Å². The second-order valence-electron chi connectivity index (χ2n) is 5.91. The molecular formula is C20H14N6. The molecule has 0 spiro atoms. The summed E-state index contributed by atoms with van der Waals surface area (Å²) in [7, 11) is 0. The Morgan fingerprint density at radius 3 is 2.50 bits per heavy atom. The molecule has 0 radical (unpaired) electrons. The molecule has 0 aliphatic carbocycles. The van der Waals surface area contributed by atoms with Crippen LogP contribution in [0.4, 0.5) is 0 Å². The third-order valence-corrected chi connectivity index (χ3v) is 4.27. The molecule has 5 aromatic rings. The Hall–Kier alpha value is -3.80. The smallest absolute Gasteiger partial charge is 0.157 e. The van der Waals surface area contributed by atoms with Crippen molar-refractivity contribution in [2.45, 2.75) is 0 Å². The molecule has 0 saturated carbocycles. The summed E-state index contributed by atoms with van der Waals surface area (Å²) < 4.78 is 0. The number of rotatable bonds is 3. The van der Waals surface area contributed by atoms with Crippen molar-refractivity contribution >= 4 is 11.2 Å². The van der Waals surface area contributed by atoms with E-state index in [0.717, 1.165) is 45.1 Å². The molecule has 0 bridgehead atoms. The predicted octanol–water partition coefficient (Wildman–Crippen LogP) is 4.08. The summed E-state index contributed by atoms with van der Waals surface area (Å²) >= 11 is 0. The molecule has 1 aromatic carbocycles. The van der Waals surface area contributed by atoms with Crippen LogP contribution in [0.1, 0.15) is 0 Å². The average Bonchev–Trinajstić information content (AvgIpc) is 3.36. The molecule has 5 rings (SSSR count). The van der Waals surface area contributed by atoms with Crippen molar-refractivity contribution < 1.29 is 0 Å². The fraction of sp³-hybridized carbons (Fsp3) is 0. The standard InChI is InChI=1S/C20H14N6/c1-2-4-14(5-3-1)19-25-17(13-6-8-21-9-7-13)18(26-19)15-10-16-20(22-11-15)24-12-23-16/h1-12H,(H,25,26)(H,22,23,24). The Bertz CT molecular complexity index is 1170. The highest BCUT2D eigenvalue weighted by Crippen LogP contribution is 2.33. The van der Waals surface area contributed by atoms with Crippen LogP contribution in [0.25, 0.3) is 45.1 Å². The van der Waals surface area contributed by atoms with Gasteiger partial charge in [-0.05, 0) is 18.2 Å². The molecule has 6 heteroatoms. The van der Waals surface area contributed by atoms with Crippen LogP contribution in [0, 0.1) is 0 Å². The van der Waals surface area contributed by atoms with Crippen LogP contribution < -0.4 is 0 Å². The van der Waals surface area contributed by atoms with E-state index in [2.05, 4.69) is 24.9 Å². The van der Waals surface area contributed by atoms with E-state index in [4.69, 9.17) is 4.98 Å². The van der Waals surface area contributed by atoms with Crippen molar-refractivity contribution in [3.63, 3.8) is 0 Å². The molecule has 2 N–H and O–H groups in total. The maximum Gasteiger partial charge on any atom is 0.157 e. The number of nitrogens with zero attached hydrogens (tertiary/aromatic N) is 4. The zero-order valence-electron chi connectivity index (χ0n) is 13.7. The van der Waals surface area contributed by atoms with Crippen LogP contribution in [-0.2, 0) is 0 Å². The molecule has 0 fully saturated rings. The minimum absolute atomic E-state index is 0.766. The molecule has 0 unspecified atom stereocenters. The van der Waals surface area contributed by atoms with Crippen molar-refractivity contribution in [2.75, 3.05) is 0 Å². The Kier molecular flexibility index (Phi) is 3.31. The van der Waals surface area contributed by atoms with Crippen molar-refractivity contribution in [1.82, 2.24) is 29.9 Å². The minimum atomic E-state index is 0.766. The van der Waals surface area contributed by atoms with Gasteiger partial charge in [-0.3, -0.25) is 4.98 Å². The van der Waals surface area contributed by atoms with Gasteiger partial charge in [-0.25, -0.2) is 15.0 Å². The summed E-state index contributed by atoms with van der Waals surface area (Å²) in [6, 6.07) is 16.0. The number of imidazole rings is 2. The third-order valence-electron chi connectivity index (χ3n) is 4.27. The van der Waals surface area contributed by atoms with Gasteiger partial charge in [0.05, 0.1) is 17.7 Å². The number of hydrogen-bond donors (Lipinski definition) is 2. The van der Waals surface area contributed by atoms with Gasteiger partial charge in [0.15, 0.2) is 5.65 Å². The molecule has 0 aliphatic rings. The van der Waals surface area contributed by atoms with E-state index in [-0.39, 0.29) is 0 Å². The Morgan fingerprint density at radius 1 is 0.808 bits per heavy atom. The Balaban J connectivity index is 1.73. The third kappa shape index (κ3) is 2.44. The van der Waals surface area contributed by atoms with E-state index in [1.54, 1.807) is 18.7 Å². The van der Waals surface area contributed by atoms with Gasteiger partial charge in [0.1, 0.15) is 11.3 Å². The van der Waals surface area contributed by atoms with Crippen LogP contribution in [-0.4, -0.2) is 29.9 Å². The Labute approximate surface area is 149 Å². The van der Waals surface area contributed by atoms with Gasteiger partial charge in [-0.1, -0.05) is 30.3 Å². The number of aromatic amines is 2. The molecule has 6 nitrogen and oxygen atoms in total. The molecule has 4 heterocycles. The van der Waals surface area contributed by atoms with E-state index in [0.29, 0.717) is 0 Å². The lowest BCUT2D eigenvalue weighted by molar-refractivity contribution is 1.29.